The number of rotatable bonds is 5. The van der Waals surface area contributed by atoms with Crippen LogP contribution in [0.1, 0.15) is 42.9 Å². The molecule has 0 aliphatic rings. The van der Waals surface area contributed by atoms with Gasteiger partial charge in [0.05, 0.1) is 7.11 Å². The Kier molecular flexibility index (Phi) is 5.40. The molecule has 1 unspecified atom stereocenters. The van der Waals surface area contributed by atoms with Gasteiger partial charge in [0, 0.05) is 13.5 Å². The molecule has 1 atom stereocenters. The van der Waals surface area contributed by atoms with Crippen molar-refractivity contribution in [3.63, 3.8) is 0 Å². The van der Waals surface area contributed by atoms with Crippen molar-refractivity contribution >= 4 is 5.91 Å². The van der Waals surface area contributed by atoms with Gasteiger partial charge in [-0.2, -0.15) is 0 Å². The number of methoxy groups -OCH3 is 1. The van der Waals surface area contributed by atoms with Crippen LogP contribution in [-0.4, -0.2) is 20.1 Å². The Bertz CT molecular complexity index is 452. The van der Waals surface area contributed by atoms with Gasteiger partial charge < -0.3 is 10.1 Å². The number of ether oxygens (including phenoxy) is 1. The summed E-state index contributed by atoms with van der Waals surface area (Å²) in [5.74, 6) is 1.66. The van der Waals surface area contributed by atoms with Crippen LogP contribution in [0.15, 0.2) is 12.1 Å². The molecule has 1 aromatic carbocycles. The van der Waals surface area contributed by atoms with Crippen LogP contribution in [-0.2, 0) is 4.79 Å². The van der Waals surface area contributed by atoms with Gasteiger partial charge in [-0.25, -0.2) is 0 Å². The highest BCUT2D eigenvalue weighted by atomic mass is 16.5. The van der Waals surface area contributed by atoms with E-state index in [1.165, 1.54) is 11.1 Å². The molecule has 1 aromatic rings. The van der Waals surface area contributed by atoms with Crippen LogP contribution >= 0.6 is 0 Å². The topological polar surface area (TPSA) is 38.3 Å². The molecule has 1 rings (SSSR count). The Balaban J connectivity index is 3.16. The summed E-state index contributed by atoms with van der Waals surface area (Å²) in [7, 11) is 3.37. The van der Waals surface area contributed by atoms with Crippen LogP contribution in [0.3, 0.4) is 0 Å². The van der Waals surface area contributed by atoms with Crippen molar-refractivity contribution in [3.05, 3.63) is 28.8 Å². The third kappa shape index (κ3) is 3.72. The Labute approximate surface area is 116 Å². The fraction of sp³-hybridized carbons (Fsp3) is 0.562. The summed E-state index contributed by atoms with van der Waals surface area (Å²) < 4.78 is 5.34. The molecular weight excluding hydrogens is 238 g/mol. The Hall–Kier alpha value is -1.51. The highest BCUT2D eigenvalue weighted by Gasteiger charge is 2.21. The van der Waals surface area contributed by atoms with Gasteiger partial charge in [0.1, 0.15) is 5.75 Å². The van der Waals surface area contributed by atoms with Gasteiger partial charge in [-0.05, 0) is 48.4 Å². The fourth-order valence-corrected chi connectivity index (χ4v) is 2.44. The molecule has 1 N–H and O–H groups in total. The van der Waals surface area contributed by atoms with Crippen molar-refractivity contribution in [1.29, 1.82) is 0 Å². The predicted molar refractivity (Wildman–Crippen MR) is 78.7 cm³/mol. The molecule has 1 amide bonds. The zero-order chi connectivity index (χ0) is 14.6. The molecule has 0 aliphatic carbocycles. The third-order valence-electron chi connectivity index (χ3n) is 3.67. The van der Waals surface area contributed by atoms with E-state index < -0.39 is 0 Å². The van der Waals surface area contributed by atoms with Gasteiger partial charge in [0.15, 0.2) is 0 Å². The molecule has 0 heterocycles. The molecular formula is C16H25NO2. The maximum atomic E-state index is 11.7. The summed E-state index contributed by atoms with van der Waals surface area (Å²) >= 11 is 0. The fourth-order valence-electron chi connectivity index (χ4n) is 2.44. The summed E-state index contributed by atoms with van der Waals surface area (Å²) in [4.78, 5) is 11.7. The predicted octanol–water partition coefficient (Wildman–Crippen LogP) is 3.19. The van der Waals surface area contributed by atoms with Crippen LogP contribution in [0.5, 0.6) is 5.75 Å². The van der Waals surface area contributed by atoms with E-state index in [4.69, 9.17) is 4.74 Å². The van der Waals surface area contributed by atoms with E-state index in [0.717, 1.165) is 11.3 Å². The van der Waals surface area contributed by atoms with Crippen molar-refractivity contribution in [1.82, 2.24) is 5.32 Å². The number of nitrogens with one attached hydrogen (secondary N) is 1. The highest BCUT2D eigenvalue weighted by molar-refractivity contribution is 5.76. The number of aryl methyl sites for hydroxylation is 2. The molecule has 0 fully saturated rings. The molecule has 0 spiro atoms. The second-order valence-electron chi connectivity index (χ2n) is 5.41. The van der Waals surface area contributed by atoms with Crippen LogP contribution in [0, 0.1) is 19.8 Å². The number of carbonyl (C=O) groups excluding carboxylic acids is 1. The Morgan fingerprint density at radius 2 is 1.89 bits per heavy atom. The minimum Gasteiger partial charge on any atom is -0.496 e. The average Bonchev–Trinajstić information content (AvgIpc) is 2.37. The first-order valence-electron chi connectivity index (χ1n) is 6.76. The van der Waals surface area contributed by atoms with E-state index in [-0.39, 0.29) is 11.8 Å². The number of hydrogen-bond acceptors (Lipinski definition) is 2. The van der Waals surface area contributed by atoms with Gasteiger partial charge in [-0.3, -0.25) is 4.79 Å². The molecule has 19 heavy (non-hydrogen) atoms. The SMILES string of the molecule is CNC(=O)CC(c1cc(C)c(OC)cc1C)C(C)C. The first-order chi connectivity index (χ1) is 8.90. The van der Waals surface area contributed by atoms with E-state index in [9.17, 15) is 4.79 Å². The minimum atomic E-state index is 0.0894. The van der Waals surface area contributed by atoms with Crippen molar-refractivity contribution in [2.24, 2.45) is 5.92 Å². The standard InChI is InChI=1S/C16H25NO2/c1-10(2)13(9-16(18)17-5)14-7-12(4)15(19-6)8-11(14)3/h7-8,10,13H,9H2,1-6H3,(H,17,18). The molecule has 0 aliphatic heterocycles. The van der Waals surface area contributed by atoms with E-state index in [1.54, 1.807) is 14.2 Å². The number of amides is 1. The highest BCUT2D eigenvalue weighted by Crippen LogP contribution is 2.33. The van der Waals surface area contributed by atoms with Crippen LogP contribution in [0.25, 0.3) is 0 Å². The van der Waals surface area contributed by atoms with Gasteiger partial charge in [-0.1, -0.05) is 19.9 Å². The zero-order valence-electron chi connectivity index (χ0n) is 12.8. The summed E-state index contributed by atoms with van der Waals surface area (Å²) in [6, 6.07) is 4.21. The first-order valence-corrected chi connectivity index (χ1v) is 6.76. The number of benzene rings is 1. The third-order valence-corrected chi connectivity index (χ3v) is 3.67. The lowest BCUT2D eigenvalue weighted by atomic mass is 9.82. The smallest absolute Gasteiger partial charge is 0.220 e. The van der Waals surface area contributed by atoms with Crippen LogP contribution < -0.4 is 10.1 Å². The van der Waals surface area contributed by atoms with E-state index in [1.807, 2.05) is 6.92 Å². The second kappa shape index (κ2) is 6.60. The van der Waals surface area contributed by atoms with Crippen molar-refractivity contribution in [3.8, 4) is 5.75 Å². The van der Waals surface area contributed by atoms with E-state index in [2.05, 4.69) is 38.2 Å². The second-order valence-corrected chi connectivity index (χ2v) is 5.41. The summed E-state index contributed by atoms with van der Waals surface area (Å²) in [6.07, 6.45) is 0.529. The maximum Gasteiger partial charge on any atom is 0.220 e. The van der Waals surface area contributed by atoms with Crippen molar-refractivity contribution in [2.45, 2.75) is 40.0 Å². The van der Waals surface area contributed by atoms with E-state index in [0.29, 0.717) is 12.3 Å². The lowest BCUT2D eigenvalue weighted by molar-refractivity contribution is -0.121. The Morgan fingerprint density at radius 3 is 2.37 bits per heavy atom. The molecule has 0 saturated carbocycles. The molecule has 0 bridgehead atoms. The monoisotopic (exact) mass is 263 g/mol. The molecule has 3 nitrogen and oxygen atoms in total. The van der Waals surface area contributed by atoms with Gasteiger partial charge in [-0.15, -0.1) is 0 Å². The molecule has 0 radical (unpaired) electrons. The van der Waals surface area contributed by atoms with Crippen molar-refractivity contribution in [2.75, 3.05) is 14.2 Å². The quantitative estimate of drug-likeness (QED) is 0.886. The lowest BCUT2D eigenvalue weighted by Crippen LogP contribution is -2.23. The lowest BCUT2D eigenvalue weighted by Gasteiger charge is -2.23. The summed E-state index contributed by atoms with van der Waals surface area (Å²) in [5, 5.41) is 2.71. The van der Waals surface area contributed by atoms with Gasteiger partial charge in [0.2, 0.25) is 5.91 Å². The largest absolute Gasteiger partial charge is 0.496 e. The van der Waals surface area contributed by atoms with Gasteiger partial charge >= 0.3 is 0 Å². The molecule has 3 heteroatoms. The average molecular weight is 263 g/mol. The molecule has 0 aromatic heterocycles. The zero-order valence-corrected chi connectivity index (χ0v) is 12.8. The Morgan fingerprint density at radius 1 is 1.26 bits per heavy atom. The van der Waals surface area contributed by atoms with Crippen molar-refractivity contribution < 1.29 is 9.53 Å². The van der Waals surface area contributed by atoms with Gasteiger partial charge in [0.25, 0.3) is 0 Å². The summed E-state index contributed by atoms with van der Waals surface area (Å²) in [6.45, 7) is 8.44. The maximum absolute atomic E-state index is 11.7. The number of carbonyl (C=O) groups is 1. The minimum absolute atomic E-state index is 0.0894. The molecule has 0 saturated heterocycles. The molecule has 106 valence electrons. The van der Waals surface area contributed by atoms with Crippen LogP contribution in [0.4, 0.5) is 0 Å². The normalized spacial score (nSPS) is 12.4. The first kappa shape index (κ1) is 15.5. The summed E-state index contributed by atoms with van der Waals surface area (Å²) in [5.41, 5.74) is 3.55. The van der Waals surface area contributed by atoms with Crippen LogP contribution in [0.2, 0.25) is 0 Å². The van der Waals surface area contributed by atoms with E-state index >= 15 is 0 Å². The number of hydrogen-bond donors (Lipinski definition) is 1.